The molecule has 1 aromatic carbocycles. The Labute approximate surface area is 125 Å². The van der Waals surface area contributed by atoms with Crippen LogP contribution in [0.4, 0.5) is 0 Å². The average molecular weight is 293 g/mol. The van der Waals surface area contributed by atoms with Crippen molar-refractivity contribution in [2.45, 2.75) is 39.2 Å². The summed E-state index contributed by atoms with van der Waals surface area (Å²) in [7, 11) is 0. The van der Waals surface area contributed by atoms with Gasteiger partial charge in [-0.1, -0.05) is 12.1 Å². The summed E-state index contributed by atoms with van der Waals surface area (Å²) < 4.78 is 0. The van der Waals surface area contributed by atoms with Crippen molar-refractivity contribution in [3.05, 3.63) is 34.9 Å². The summed E-state index contributed by atoms with van der Waals surface area (Å²) in [5, 5.41) is 20.6. The van der Waals surface area contributed by atoms with Gasteiger partial charge in [-0.15, -0.1) is 0 Å². The van der Waals surface area contributed by atoms with Gasteiger partial charge in [-0.05, 0) is 50.4 Å². The smallest absolute Gasteiger partial charge is 0.303 e. The van der Waals surface area contributed by atoms with E-state index in [2.05, 4.69) is 5.32 Å². The second-order valence-electron chi connectivity index (χ2n) is 5.18. The fraction of sp³-hybridized carbons (Fsp3) is 0.500. The van der Waals surface area contributed by atoms with E-state index in [0.29, 0.717) is 18.5 Å². The number of aliphatic hydroxyl groups is 1. The van der Waals surface area contributed by atoms with Crippen LogP contribution in [-0.4, -0.2) is 41.2 Å². The normalized spacial score (nSPS) is 12.1. The summed E-state index contributed by atoms with van der Waals surface area (Å²) >= 11 is 0. The SMILES string of the molecule is Cc1ccc(C(=O)C(CCC(=O)O)NCCCO)cc1C. The number of rotatable bonds is 9. The lowest BCUT2D eigenvalue weighted by molar-refractivity contribution is -0.137. The summed E-state index contributed by atoms with van der Waals surface area (Å²) in [5.74, 6) is -1.02. The van der Waals surface area contributed by atoms with Crippen molar-refractivity contribution in [3.8, 4) is 0 Å². The third kappa shape index (κ3) is 5.65. The molecule has 0 saturated carbocycles. The number of Topliss-reactive ketones (excluding diaryl/α,β-unsaturated/α-hetero) is 1. The number of carboxylic acids is 1. The molecule has 0 bridgehead atoms. The Morgan fingerprint density at radius 2 is 1.95 bits per heavy atom. The van der Waals surface area contributed by atoms with Gasteiger partial charge in [0, 0.05) is 18.6 Å². The van der Waals surface area contributed by atoms with E-state index in [4.69, 9.17) is 10.2 Å². The van der Waals surface area contributed by atoms with E-state index in [-0.39, 0.29) is 25.2 Å². The third-order valence-electron chi connectivity index (χ3n) is 3.48. The molecule has 5 heteroatoms. The average Bonchev–Trinajstić information content (AvgIpc) is 2.44. The molecule has 0 spiro atoms. The molecule has 0 radical (unpaired) electrons. The lowest BCUT2D eigenvalue weighted by atomic mass is 9.97. The number of hydrogen-bond acceptors (Lipinski definition) is 4. The number of ketones is 1. The van der Waals surface area contributed by atoms with Crippen molar-refractivity contribution in [2.75, 3.05) is 13.2 Å². The summed E-state index contributed by atoms with van der Waals surface area (Å²) in [6, 6.07) is 4.96. The maximum absolute atomic E-state index is 12.5. The highest BCUT2D eigenvalue weighted by atomic mass is 16.4. The number of carbonyl (C=O) groups is 2. The van der Waals surface area contributed by atoms with Crippen molar-refractivity contribution in [2.24, 2.45) is 0 Å². The summed E-state index contributed by atoms with van der Waals surface area (Å²) in [4.78, 5) is 23.2. The fourth-order valence-corrected chi connectivity index (χ4v) is 2.04. The number of aliphatic carboxylic acids is 1. The van der Waals surface area contributed by atoms with Gasteiger partial charge < -0.3 is 15.5 Å². The zero-order chi connectivity index (χ0) is 15.8. The van der Waals surface area contributed by atoms with Crippen LogP contribution in [0.1, 0.15) is 40.7 Å². The molecule has 1 aromatic rings. The molecule has 0 aliphatic rings. The topological polar surface area (TPSA) is 86.6 Å². The molecule has 0 aliphatic heterocycles. The number of hydrogen-bond donors (Lipinski definition) is 3. The highest BCUT2D eigenvalue weighted by molar-refractivity contribution is 6.00. The Morgan fingerprint density at radius 1 is 1.24 bits per heavy atom. The van der Waals surface area contributed by atoms with E-state index in [1.54, 1.807) is 6.07 Å². The van der Waals surface area contributed by atoms with Gasteiger partial charge in [0.2, 0.25) is 0 Å². The molecule has 0 aliphatic carbocycles. The van der Waals surface area contributed by atoms with Crippen LogP contribution in [0.3, 0.4) is 0 Å². The van der Waals surface area contributed by atoms with Crippen LogP contribution in [0, 0.1) is 13.8 Å². The van der Waals surface area contributed by atoms with Crippen LogP contribution in [0.2, 0.25) is 0 Å². The van der Waals surface area contributed by atoms with Gasteiger partial charge >= 0.3 is 5.97 Å². The molecule has 0 heterocycles. The number of benzene rings is 1. The van der Waals surface area contributed by atoms with Gasteiger partial charge in [-0.25, -0.2) is 0 Å². The molecular formula is C16H23NO4. The monoisotopic (exact) mass is 293 g/mol. The van der Waals surface area contributed by atoms with E-state index < -0.39 is 12.0 Å². The van der Waals surface area contributed by atoms with Gasteiger partial charge in [0.1, 0.15) is 0 Å². The third-order valence-corrected chi connectivity index (χ3v) is 3.48. The molecule has 21 heavy (non-hydrogen) atoms. The molecule has 1 unspecified atom stereocenters. The molecule has 116 valence electrons. The van der Waals surface area contributed by atoms with Gasteiger partial charge in [0.25, 0.3) is 0 Å². The molecule has 3 N–H and O–H groups in total. The second kappa shape index (κ2) is 8.54. The maximum atomic E-state index is 12.5. The fourth-order valence-electron chi connectivity index (χ4n) is 2.04. The molecule has 0 amide bonds. The Bertz CT molecular complexity index is 499. The predicted octanol–water partition coefficient (Wildman–Crippen LogP) is 1.69. The molecule has 0 fully saturated rings. The second-order valence-corrected chi connectivity index (χ2v) is 5.18. The predicted molar refractivity (Wildman–Crippen MR) is 80.6 cm³/mol. The van der Waals surface area contributed by atoms with Gasteiger partial charge in [-0.2, -0.15) is 0 Å². The number of nitrogens with one attached hydrogen (secondary N) is 1. The molecule has 1 rings (SSSR count). The van der Waals surface area contributed by atoms with Gasteiger partial charge in [-0.3, -0.25) is 9.59 Å². The molecular weight excluding hydrogens is 270 g/mol. The van der Waals surface area contributed by atoms with Crippen molar-refractivity contribution < 1.29 is 19.8 Å². The van der Waals surface area contributed by atoms with Crippen LogP contribution < -0.4 is 5.32 Å². The lowest BCUT2D eigenvalue weighted by Crippen LogP contribution is -2.38. The van der Waals surface area contributed by atoms with Crippen molar-refractivity contribution >= 4 is 11.8 Å². The summed E-state index contributed by atoms with van der Waals surface area (Å²) in [6.07, 6.45) is 0.712. The minimum Gasteiger partial charge on any atom is -0.481 e. The number of aliphatic hydroxyl groups excluding tert-OH is 1. The Morgan fingerprint density at radius 3 is 2.52 bits per heavy atom. The van der Waals surface area contributed by atoms with Crippen molar-refractivity contribution in [3.63, 3.8) is 0 Å². The zero-order valence-electron chi connectivity index (χ0n) is 12.6. The van der Waals surface area contributed by atoms with Crippen molar-refractivity contribution in [1.82, 2.24) is 5.32 Å². The standard InChI is InChI=1S/C16H23NO4/c1-11-4-5-13(10-12(11)2)16(21)14(6-7-15(19)20)17-8-3-9-18/h4-5,10,14,17-18H,3,6-9H2,1-2H3,(H,19,20). The maximum Gasteiger partial charge on any atom is 0.303 e. The van der Waals surface area contributed by atoms with E-state index in [9.17, 15) is 9.59 Å². The first-order valence-electron chi connectivity index (χ1n) is 7.13. The number of aryl methyl sites for hydroxylation is 2. The largest absolute Gasteiger partial charge is 0.481 e. The van der Waals surface area contributed by atoms with Crippen molar-refractivity contribution in [1.29, 1.82) is 0 Å². The van der Waals surface area contributed by atoms with Crippen LogP contribution in [-0.2, 0) is 4.79 Å². The Kier molecular flexibility index (Phi) is 7.05. The zero-order valence-corrected chi connectivity index (χ0v) is 12.6. The van der Waals surface area contributed by atoms with E-state index >= 15 is 0 Å². The lowest BCUT2D eigenvalue weighted by Gasteiger charge is -2.17. The van der Waals surface area contributed by atoms with Gasteiger partial charge in [0.15, 0.2) is 5.78 Å². The first-order valence-corrected chi connectivity index (χ1v) is 7.13. The van der Waals surface area contributed by atoms with Crippen LogP contribution in [0.15, 0.2) is 18.2 Å². The Hall–Kier alpha value is -1.72. The van der Waals surface area contributed by atoms with Crippen LogP contribution in [0.25, 0.3) is 0 Å². The van der Waals surface area contributed by atoms with E-state index in [1.807, 2.05) is 26.0 Å². The quantitative estimate of drug-likeness (QED) is 0.476. The van der Waals surface area contributed by atoms with Crippen LogP contribution >= 0.6 is 0 Å². The highest BCUT2D eigenvalue weighted by Crippen LogP contribution is 2.13. The molecule has 0 aromatic heterocycles. The van der Waals surface area contributed by atoms with E-state index in [1.165, 1.54) is 0 Å². The minimum absolute atomic E-state index is 0.0382. The van der Waals surface area contributed by atoms with Crippen LogP contribution in [0.5, 0.6) is 0 Å². The van der Waals surface area contributed by atoms with Gasteiger partial charge in [0.05, 0.1) is 6.04 Å². The first kappa shape index (κ1) is 17.3. The summed E-state index contributed by atoms with van der Waals surface area (Å²) in [6.45, 7) is 4.44. The number of carbonyl (C=O) groups excluding carboxylic acids is 1. The molecule has 0 saturated heterocycles. The molecule has 5 nitrogen and oxygen atoms in total. The van der Waals surface area contributed by atoms with E-state index in [0.717, 1.165) is 11.1 Å². The Balaban J connectivity index is 2.81. The molecule has 1 atom stereocenters. The number of carboxylic acid groups (broad SMARTS) is 1. The first-order chi connectivity index (χ1) is 9.95. The highest BCUT2D eigenvalue weighted by Gasteiger charge is 2.20. The summed E-state index contributed by atoms with van der Waals surface area (Å²) in [5.41, 5.74) is 2.74. The minimum atomic E-state index is -0.920.